The van der Waals surface area contributed by atoms with E-state index in [-0.39, 0.29) is 0 Å². The van der Waals surface area contributed by atoms with Crippen LogP contribution < -0.4 is 4.74 Å². The van der Waals surface area contributed by atoms with Gasteiger partial charge in [0.25, 0.3) is 5.89 Å². The highest BCUT2D eigenvalue weighted by Gasteiger charge is 2.16. The number of methoxy groups -OCH3 is 1. The largest absolute Gasteiger partial charge is 0.480 e. The minimum atomic E-state index is 0.460. The average Bonchev–Trinajstić information content (AvgIpc) is 3.10. The van der Waals surface area contributed by atoms with Gasteiger partial charge in [-0.05, 0) is 31.2 Å². The molecule has 2 aromatic heterocycles. The third-order valence-electron chi connectivity index (χ3n) is 3.81. The molecule has 4 rings (SSSR count). The molecule has 0 spiro atoms. The van der Waals surface area contributed by atoms with Crippen molar-refractivity contribution in [1.82, 2.24) is 15.1 Å². The Hall–Kier alpha value is -3.21. The second-order valence-electron chi connectivity index (χ2n) is 5.53. The standard InChI is InChI=1S/C19H15N3O2/c1-12-6-5-8-14(10-12)18-21-17(22-24-18)15-11-13-7-3-4-9-16(13)20-19(15)23-2/h3-11H,1-2H3. The summed E-state index contributed by atoms with van der Waals surface area (Å²) in [6.45, 7) is 2.02. The summed E-state index contributed by atoms with van der Waals surface area (Å²) in [5, 5.41) is 5.10. The fourth-order valence-electron chi connectivity index (χ4n) is 2.64. The van der Waals surface area contributed by atoms with E-state index in [9.17, 15) is 0 Å². The summed E-state index contributed by atoms with van der Waals surface area (Å²) in [5.41, 5.74) is 3.60. The molecule has 0 amide bonds. The molecular formula is C19H15N3O2. The molecule has 0 aliphatic heterocycles. The number of fused-ring (bicyclic) bond motifs is 1. The van der Waals surface area contributed by atoms with E-state index < -0.39 is 0 Å². The van der Waals surface area contributed by atoms with E-state index in [1.807, 2.05) is 61.5 Å². The Kier molecular flexibility index (Phi) is 3.46. The van der Waals surface area contributed by atoms with E-state index >= 15 is 0 Å². The SMILES string of the molecule is COc1nc2ccccc2cc1-c1noc(-c2cccc(C)c2)n1. The topological polar surface area (TPSA) is 61.0 Å². The molecule has 2 heterocycles. The van der Waals surface area contributed by atoms with Crippen LogP contribution in [-0.2, 0) is 0 Å². The van der Waals surface area contributed by atoms with Crippen molar-refractivity contribution >= 4 is 10.9 Å². The molecule has 0 N–H and O–H groups in total. The lowest BCUT2D eigenvalue weighted by molar-refractivity contribution is 0.399. The first kappa shape index (κ1) is 14.4. The molecule has 0 saturated heterocycles. The van der Waals surface area contributed by atoms with E-state index in [4.69, 9.17) is 9.26 Å². The normalized spacial score (nSPS) is 10.9. The highest BCUT2D eigenvalue weighted by atomic mass is 16.5. The van der Waals surface area contributed by atoms with E-state index in [0.717, 1.165) is 22.0 Å². The summed E-state index contributed by atoms with van der Waals surface area (Å²) in [7, 11) is 1.59. The number of pyridine rings is 1. The van der Waals surface area contributed by atoms with Crippen molar-refractivity contribution in [3.8, 4) is 28.7 Å². The molecule has 24 heavy (non-hydrogen) atoms. The zero-order valence-electron chi connectivity index (χ0n) is 13.4. The predicted molar refractivity (Wildman–Crippen MR) is 91.8 cm³/mol. The smallest absolute Gasteiger partial charge is 0.258 e. The number of nitrogens with zero attached hydrogens (tertiary/aromatic N) is 3. The van der Waals surface area contributed by atoms with Gasteiger partial charge in [-0.15, -0.1) is 0 Å². The molecule has 2 aromatic carbocycles. The zero-order chi connectivity index (χ0) is 16.5. The van der Waals surface area contributed by atoms with Crippen molar-refractivity contribution in [2.24, 2.45) is 0 Å². The van der Waals surface area contributed by atoms with Gasteiger partial charge >= 0.3 is 0 Å². The van der Waals surface area contributed by atoms with Crippen molar-refractivity contribution < 1.29 is 9.26 Å². The van der Waals surface area contributed by atoms with Crippen molar-refractivity contribution in [1.29, 1.82) is 0 Å². The summed E-state index contributed by atoms with van der Waals surface area (Å²) >= 11 is 0. The van der Waals surface area contributed by atoms with Gasteiger partial charge in [-0.3, -0.25) is 0 Å². The second-order valence-corrected chi connectivity index (χ2v) is 5.53. The molecule has 0 unspecified atom stereocenters. The number of aryl methyl sites for hydroxylation is 1. The third-order valence-corrected chi connectivity index (χ3v) is 3.81. The van der Waals surface area contributed by atoms with Crippen molar-refractivity contribution in [2.45, 2.75) is 6.92 Å². The molecule has 4 aromatic rings. The summed E-state index contributed by atoms with van der Waals surface area (Å²) < 4.78 is 10.8. The number of ether oxygens (including phenoxy) is 1. The van der Waals surface area contributed by atoms with Gasteiger partial charge in [0.05, 0.1) is 18.2 Å². The van der Waals surface area contributed by atoms with Gasteiger partial charge < -0.3 is 9.26 Å². The van der Waals surface area contributed by atoms with Crippen LogP contribution in [0.1, 0.15) is 5.56 Å². The van der Waals surface area contributed by atoms with Crippen molar-refractivity contribution in [2.75, 3.05) is 7.11 Å². The Morgan fingerprint density at radius 2 is 1.83 bits per heavy atom. The number of hydrogen-bond acceptors (Lipinski definition) is 5. The summed E-state index contributed by atoms with van der Waals surface area (Å²) in [6, 6.07) is 17.7. The molecule has 0 radical (unpaired) electrons. The van der Waals surface area contributed by atoms with Crippen LogP contribution in [0.5, 0.6) is 5.88 Å². The van der Waals surface area contributed by atoms with Gasteiger partial charge in [0.2, 0.25) is 11.7 Å². The lowest BCUT2D eigenvalue weighted by atomic mass is 10.1. The highest BCUT2D eigenvalue weighted by Crippen LogP contribution is 2.31. The Labute approximate surface area is 138 Å². The van der Waals surface area contributed by atoms with E-state index in [2.05, 4.69) is 15.1 Å². The first-order chi connectivity index (χ1) is 11.7. The van der Waals surface area contributed by atoms with Crippen LogP contribution in [-0.4, -0.2) is 22.2 Å². The highest BCUT2D eigenvalue weighted by molar-refractivity contribution is 5.84. The zero-order valence-corrected chi connectivity index (χ0v) is 13.4. The van der Waals surface area contributed by atoms with Crippen LogP contribution in [0.15, 0.2) is 59.1 Å². The Balaban J connectivity index is 1.83. The first-order valence-corrected chi connectivity index (χ1v) is 7.59. The van der Waals surface area contributed by atoms with Gasteiger partial charge in [-0.25, -0.2) is 4.98 Å². The maximum Gasteiger partial charge on any atom is 0.258 e. The van der Waals surface area contributed by atoms with E-state index in [0.29, 0.717) is 23.2 Å². The number of para-hydroxylation sites is 1. The monoisotopic (exact) mass is 317 g/mol. The molecule has 0 aliphatic carbocycles. The molecule has 0 bridgehead atoms. The van der Waals surface area contributed by atoms with Crippen molar-refractivity contribution in [3.63, 3.8) is 0 Å². The maximum atomic E-state index is 5.43. The minimum Gasteiger partial charge on any atom is -0.480 e. The molecule has 5 heteroatoms. The Morgan fingerprint density at radius 3 is 2.67 bits per heavy atom. The van der Waals surface area contributed by atoms with Crippen molar-refractivity contribution in [3.05, 3.63) is 60.2 Å². The molecule has 0 saturated carbocycles. The molecule has 0 aliphatic rings. The molecule has 0 fully saturated rings. The lowest BCUT2D eigenvalue weighted by Gasteiger charge is -2.06. The third kappa shape index (κ3) is 2.50. The van der Waals surface area contributed by atoms with Gasteiger partial charge in [0.1, 0.15) is 0 Å². The van der Waals surface area contributed by atoms with E-state index in [1.165, 1.54) is 0 Å². The van der Waals surface area contributed by atoms with Gasteiger partial charge in [-0.1, -0.05) is 41.1 Å². The van der Waals surface area contributed by atoms with E-state index in [1.54, 1.807) is 7.11 Å². The second kappa shape index (κ2) is 5.77. The number of hydrogen-bond donors (Lipinski definition) is 0. The first-order valence-electron chi connectivity index (χ1n) is 7.59. The summed E-state index contributed by atoms with van der Waals surface area (Å²) in [5.74, 6) is 1.41. The summed E-state index contributed by atoms with van der Waals surface area (Å²) in [4.78, 5) is 9.03. The van der Waals surface area contributed by atoms with Gasteiger partial charge in [0, 0.05) is 10.9 Å². The molecular weight excluding hydrogens is 302 g/mol. The van der Waals surface area contributed by atoms with Crippen LogP contribution in [0.2, 0.25) is 0 Å². The Bertz CT molecular complexity index is 1020. The number of benzene rings is 2. The lowest BCUT2D eigenvalue weighted by Crippen LogP contribution is -1.94. The number of aromatic nitrogens is 3. The Morgan fingerprint density at radius 1 is 0.958 bits per heavy atom. The van der Waals surface area contributed by atoms with Crippen LogP contribution in [0.3, 0.4) is 0 Å². The van der Waals surface area contributed by atoms with Crippen LogP contribution in [0.25, 0.3) is 33.7 Å². The molecule has 5 nitrogen and oxygen atoms in total. The van der Waals surface area contributed by atoms with Gasteiger partial charge in [-0.2, -0.15) is 4.98 Å². The van der Waals surface area contributed by atoms with Crippen LogP contribution in [0, 0.1) is 6.92 Å². The van der Waals surface area contributed by atoms with Crippen LogP contribution >= 0.6 is 0 Å². The summed E-state index contributed by atoms with van der Waals surface area (Å²) in [6.07, 6.45) is 0. The maximum absolute atomic E-state index is 5.43. The fraction of sp³-hybridized carbons (Fsp3) is 0.105. The average molecular weight is 317 g/mol. The minimum absolute atomic E-state index is 0.460. The quantitative estimate of drug-likeness (QED) is 0.565. The molecule has 118 valence electrons. The molecule has 0 atom stereocenters. The van der Waals surface area contributed by atoms with Crippen LogP contribution in [0.4, 0.5) is 0 Å². The predicted octanol–water partition coefficient (Wildman–Crippen LogP) is 4.27. The number of rotatable bonds is 3. The fourth-order valence-corrected chi connectivity index (χ4v) is 2.64. The van der Waals surface area contributed by atoms with Gasteiger partial charge in [0.15, 0.2) is 0 Å².